The average molecular weight is 332 g/mol. The molecule has 0 bridgehead atoms. The summed E-state index contributed by atoms with van der Waals surface area (Å²) < 4.78 is 10.7. The number of ether oxygens (including phenoxy) is 2. The summed E-state index contributed by atoms with van der Waals surface area (Å²) in [5.41, 5.74) is 1.15. The van der Waals surface area contributed by atoms with Crippen LogP contribution in [0.25, 0.3) is 0 Å². The largest absolute Gasteiger partial charge is 0.454 e. The quantitative estimate of drug-likeness (QED) is 0.636. The molecule has 1 aromatic carbocycles. The van der Waals surface area contributed by atoms with Crippen LogP contribution in [0.5, 0.6) is 11.5 Å². The predicted molar refractivity (Wildman–Crippen MR) is 95.6 cm³/mol. The fourth-order valence-electron chi connectivity index (χ4n) is 3.28. The van der Waals surface area contributed by atoms with Crippen LogP contribution in [0, 0.1) is 5.92 Å². The number of guanidine groups is 1. The van der Waals surface area contributed by atoms with Crippen molar-refractivity contribution in [3.8, 4) is 11.5 Å². The summed E-state index contributed by atoms with van der Waals surface area (Å²) >= 11 is 0. The van der Waals surface area contributed by atoms with Gasteiger partial charge in [0.05, 0.1) is 0 Å². The molecule has 3 rings (SSSR count). The highest BCUT2D eigenvalue weighted by molar-refractivity contribution is 5.79. The Hall–Kier alpha value is -1.95. The highest BCUT2D eigenvalue weighted by Crippen LogP contribution is 2.32. The molecular formula is C18H28N4O2. The Balaban J connectivity index is 1.40. The summed E-state index contributed by atoms with van der Waals surface area (Å²) in [4.78, 5) is 6.83. The Bertz CT molecular complexity index is 576. The van der Waals surface area contributed by atoms with Gasteiger partial charge in [-0.1, -0.05) is 13.0 Å². The van der Waals surface area contributed by atoms with E-state index in [1.807, 2.05) is 18.2 Å². The topological polar surface area (TPSA) is 58.1 Å². The molecule has 1 saturated heterocycles. The Morgan fingerprint density at radius 1 is 1.29 bits per heavy atom. The smallest absolute Gasteiger partial charge is 0.231 e. The van der Waals surface area contributed by atoms with Crippen LogP contribution < -0.4 is 20.1 Å². The number of benzene rings is 1. The van der Waals surface area contributed by atoms with Crippen LogP contribution in [0.15, 0.2) is 23.2 Å². The minimum Gasteiger partial charge on any atom is -0.454 e. The van der Waals surface area contributed by atoms with E-state index in [0.29, 0.717) is 13.3 Å². The molecule has 0 saturated carbocycles. The van der Waals surface area contributed by atoms with Crippen LogP contribution in [-0.4, -0.2) is 50.9 Å². The third-order valence-electron chi connectivity index (χ3n) is 4.58. The second-order valence-electron chi connectivity index (χ2n) is 6.59. The van der Waals surface area contributed by atoms with Crippen LogP contribution in [0.1, 0.15) is 25.3 Å². The van der Waals surface area contributed by atoms with Crippen LogP contribution in [0.3, 0.4) is 0 Å². The van der Waals surface area contributed by atoms with E-state index < -0.39 is 0 Å². The minimum absolute atomic E-state index is 0.310. The summed E-state index contributed by atoms with van der Waals surface area (Å²) in [6.07, 6.45) is 2.68. The molecule has 6 heteroatoms. The van der Waals surface area contributed by atoms with Crippen molar-refractivity contribution in [1.29, 1.82) is 0 Å². The van der Waals surface area contributed by atoms with Gasteiger partial charge in [-0.15, -0.1) is 0 Å². The van der Waals surface area contributed by atoms with Gasteiger partial charge in [-0.2, -0.15) is 0 Å². The average Bonchev–Trinajstić information content (AvgIpc) is 3.05. The molecule has 1 fully saturated rings. The molecule has 2 aliphatic heterocycles. The van der Waals surface area contributed by atoms with Crippen molar-refractivity contribution in [3.63, 3.8) is 0 Å². The standard InChI is InChI=1S/C18H28N4O2/c1-14-4-3-8-22(12-14)9-7-20-18(19-2)21-11-15-5-6-16-17(10-15)24-13-23-16/h5-6,10,14H,3-4,7-9,11-13H2,1-2H3,(H2,19,20,21). The number of rotatable bonds is 5. The lowest BCUT2D eigenvalue weighted by atomic mass is 10.0. The molecule has 6 nitrogen and oxygen atoms in total. The van der Waals surface area contributed by atoms with Gasteiger partial charge >= 0.3 is 0 Å². The van der Waals surface area contributed by atoms with Crippen LogP contribution in [0.4, 0.5) is 0 Å². The van der Waals surface area contributed by atoms with Crippen molar-refractivity contribution in [2.24, 2.45) is 10.9 Å². The molecule has 1 aromatic rings. The lowest BCUT2D eigenvalue weighted by Gasteiger charge is -2.30. The van der Waals surface area contributed by atoms with Gasteiger partial charge in [-0.25, -0.2) is 0 Å². The molecule has 0 aliphatic carbocycles. The first-order valence-electron chi connectivity index (χ1n) is 8.80. The highest BCUT2D eigenvalue weighted by Gasteiger charge is 2.16. The van der Waals surface area contributed by atoms with Crippen molar-refractivity contribution in [2.75, 3.05) is 40.0 Å². The molecule has 0 aromatic heterocycles. The van der Waals surface area contributed by atoms with E-state index in [1.54, 1.807) is 7.05 Å². The first-order valence-corrected chi connectivity index (χ1v) is 8.80. The van der Waals surface area contributed by atoms with E-state index >= 15 is 0 Å². The number of hydrogen-bond donors (Lipinski definition) is 2. The molecule has 1 atom stereocenters. The van der Waals surface area contributed by atoms with E-state index in [1.165, 1.54) is 25.9 Å². The van der Waals surface area contributed by atoms with E-state index in [9.17, 15) is 0 Å². The number of aliphatic imine (C=N–C) groups is 1. The number of likely N-dealkylation sites (tertiary alicyclic amines) is 1. The third-order valence-corrected chi connectivity index (χ3v) is 4.58. The molecule has 2 aliphatic rings. The highest BCUT2D eigenvalue weighted by atomic mass is 16.7. The van der Waals surface area contributed by atoms with Gasteiger partial charge in [-0.3, -0.25) is 4.99 Å². The van der Waals surface area contributed by atoms with Gasteiger partial charge in [0.1, 0.15) is 0 Å². The zero-order valence-corrected chi connectivity index (χ0v) is 14.7. The van der Waals surface area contributed by atoms with Crippen LogP contribution in [-0.2, 0) is 6.54 Å². The second kappa shape index (κ2) is 8.24. The summed E-state index contributed by atoms with van der Waals surface area (Å²) in [5, 5.41) is 6.74. The normalized spacial score (nSPS) is 20.9. The zero-order chi connectivity index (χ0) is 16.8. The predicted octanol–water partition coefficient (Wildman–Crippen LogP) is 1.81. The molecule has 24 heavy (non-hydrogen) atoms. The molecule has 2 N–H and O–H groups in total. The summed E-state index contributed by atoms with van der Waals surface area (Å²) in [7, 11) is 1.80. The first kappa shape index (κ1) is 16.9. The third kappa shape index (κ3) is 4.54. The second-order valence-corrected chi connectivity index (χ2v) is 6.59. The van der Waals surface area contributed by atoms with Crippen molar-refractivity contribution < 1.29 is 9.47 Å². The number of nitrogens with one attached hydrogen (secondary N) is 2. The van der Waals surface area contributed by atoms with Crippen LogP contribution in [0.2, 0.25) is 0 Å². The van der Waals surface area contributed by atoms with Gasteiger partial charge in [-0.05, 0) is 43.0 Å². The fourth-order valence-corrected chi connectivity index (χ4v) is 3.28. The minimum atomic E-state index is 0.310. The Morgan fingerprint density at radius 3 is 3.00 bits per heavy atom. The Kier molecular flexibility index (Phi) is 5.80. The summed E-state index contributed by atoms with van der Waals surface area (Å²) in [5.74, 6) is 3.29. The van der Waals surface area contributed by atoms with Gasteiger partial charge < -0.3 is 25.0 Å². The van der Waals surface area contributed by atoms with Crippen molar-refractivity contribution in [2.45, 2.75) is 26.3 Å². The molecule has 132 valence electrons. The van der Waals surface area contributed by atoms with Crippen LogP contribution >= 0.6 is 0 Å². The van der Waals surface area contributed by atoms with Gasteiger partial charge in [0.2, 0.25) is 6.79 Å². The maximum absolute atomic E-state index is 5.41. The van der Waals surface area contributed by atoms with Crippen molar-refractivity contribution in [3.05, 3.63) is 23.8 Å². The van der Waals surface area contributed by atoms with E-state index in [2.05, 4.69) is 27.4 Å². The number of hydrogen-bond acceptors (Lipinski definition) is 4. The molecule has 1 unspecified atom stereocenters. The molecule has 0 radical (unpaired) electrons. The SMILES string of the molecule is CN=C(NCCN1CCCC(C)C1)NCc1ccc2c(c1)OCO2. The van der Waals surface area contributed by atoms with Gasteiger partial charge in [0, 0.05) is 33.2 Å². The molecule has 2 heterocycles. The first-order chi connectivity index (χ1) is 11.7. The number of nitrogens with zero attached hydrogens (tertiary/aromatic N) is 2. The molecule has 0 amide bonds. The molecule has 0 spiro atoms. The maximum Gasteiger partial charge on any atom is 0.231 e. The van der Waals surface area contributed by atoms with Gasteiger partial charge in [0.15, 0.2) is 17.5 Å². The molecular weight excluding hydrogens is 304 g/mol. The number of fused-ring (bicyclic) bond motifs is 1. The van der Waals surface area contributed by atoms with Crippen molar-refractivity contribution >= 4 is 5.96 Å². The number of piperidine rings is 1. The fraction of sp³-hybridized carbons (Fsp3) is 0.611. The summed E-state index contributed by atoms with van der Waals surface area (Å²) in [6, 6.07) is 6.01. The monoisotopic (exact) mass is 332 g/mol. The van der Waals surface area contributed by atoms with E-state index in [4.69, 9.17) is 9.47 Å². The Labute approximate surface area is 144 Å². The maximum atomic E-state index is 5.41. The Morgan fingerprint density at radius 2 is 2.17 bits per heavy atom. The lowest BCUT2D eigenvalue weighted by Crippen LogP contribution is -2.43. The zero-order valence-electron chi connectivity index (χ0n) is 14.7. The van der Waals surface area contributed by atoms with E-state index in [-0.39, 0.29) is 0 Å². The summed E-state index contributed by atoms with van der Waals surface area (Å²) in [6.45, 7) is 7.76. The van der Waals surface area contributed by atoms with Gasteiger partial charge in [0.25, 0.3) is 0 Å². The lowest BCUT2D eigenvalue weighted by molar-refractivity contribution is 0.174. The van der Waals surface area contributed by atoms with Crippen molar-refractivity contribution in [1.82, 2.24) is 15.5 Å². The van der Waals surface area contributed by atoms with E-state index in [0.717, 1.165) is 42.0 Å².